The molecule has 1 amide bonds. The summed E-state index contributed by atoms with van der Waals surface area (Å²) in [5.74, 6) is 2.65. The smallest absolute Gasteiger partial charge is 0.275 e. The number of amides is 1. The number of quaternary nitrogens is 2. The number of nitrogens with one attached hydrogen (secondary N) is 3. The lowest BCUT2D eigenvalue weighted by atomic mass is 10.1. The first-order chi connectivity index (χ1) is 12.2. The molecule has 1 aromatic carbocycles. The highest BCUT2D eigenvalue weighted by Crippen LogP contribution is 2.32. The summed E-state index contributed by atoms with van der Waals surface area (Å²) >= 11 is 0. The molecule has 3 aliphatic rings. The van der Waals surface area contributed by atoms with Crippen LogP contribution < -0.4 is 24.6 Å². The zero-order valence-electron chi connectivity index (χ0n) is 15.0. The fourth-order valence-corrected chi connectivity index (χ4v) is 3.90. The monoisotopic (exact) mass is 347 g/mol. The van der Waals surface area contributed by atoms with Crippen molar-refractivity contribution < 1.29 is 24.1 Å². The summed E-state index contributed by atoms with van der Waals surface area (Å²) in [6, 6.07) is 6.59. The molecule has 0 radical (unpaired) electrons. The van der Waals surface area contributed by atoms with Crippen molar-refractivity contribution in [2.45, 2.75) is 32.4 Å². The first-order valence-electron chi connectivity index (χ1n) is 9.52. The van der Waals surface area contributed by atoms with Gasteiger partial charge >= 0.3 is 0 Å². The molecular formula is C19H29N3O3+2. The van der Waals surface area contributed by atoms with E-state index in [1.54, 1.807) is 4.90 Å². The van der Waals surface area contributed by atoms with E-state index in [0.717, 1.165) is 50.1 Å². The lowest BCUT2D eigenvalue weighted by Gasteiger charge is -2.29. The molecule has 1 aromatic rings. The number of benzene rings is 1. The van der Waals surface area contributed by atoms with Crippen LogP contribution in [0.3, 0.4) is 0 Å². The third-order valence-electron chi connectivity index (χ3n) is 5.68. The topological polar surface area (TPSA) is 56.4 Å². The van der Waals surface area contributed by atoms with Crippen LogP contribution in [0, 0.1) is 5.92 Å². The van der Waals surface area contributed by atoms with E-state index in [0.29, 0.717) is 19.4 Å². The van der Waals surface area contributed by atoms with Gasteiger partial charge in [0, 0.05) is 11.6 Å². The first kappa shape index (κ1) is 16.7. The summed E-state index contributed by atoms with van der Waals surface area (Å²) in [5, 5.41) is 3.17. The van der Waals surface area contributed by atoms with Crippen LogP contribution in [0.4, 0.5) is 0 Å². The van der Waals surface area contributed by atoms with Gasteiger partial charge in [-0.25, -0.2) is 0 Å². The van der Waals surface area contributed by atoms with Crippen molar-refractivity contribution >= 4 is 5.91 Å². The summed E-state index contributed by atoms with van der Waals surface area (Å²) in [7, 11) is 0. The van der Waals surface area contributed by atoms with E-state index in [1.807, 2.05) is 6.07 Å². The van der Waals surface area contributed by atoms with E-state index < -0.39 is 0 Å². The van der Waals surface area contributed by atoms with Crippen LogP contribution in [0.25, 0.3) is 0 Å². The standard InChI is InChI=1S/C19H27N3O3/c1-14(16-3-4-16)20-19(23)12-22-8-6-21(7-9-22)11-15-2-5-17-18(10-15)25-13-24-17/h2,5,10,14,16H,3-4,6-9,11-13H2,1H3,(H,20,23)/p+2/t14-/m1/s1. The SMILES string of the molecule is C[C@@H](NC(=O)C[NH+]1CC[NH+](Cc2ccc3c(c2)OCO3)CC1)C1CC1. The molecular weight excluding hydrogens is 318 g/mol. The summed E-state index contributed by atoms with van der Waals surface area (Å²) < 4.78 is 10.8. The Labute approximate surface area is 149 Å². The van der Waals surface area contributed by atoms with Crippen molar-refractivity contribution in [1.82, 2.24) is 5.32 Å². The molecule has 6 heteroatoms. The predicted octanol–water partition coefficient (Wildman–Crippen LogP) is -1.39. The molecule has 0 unspecified atom stereocenters. The molecule has 4 rings (SSSR count). The van der Waals surface area contributed by atoms with E-state index >= 15 is 0 Å². The average molecular weight is 347 g/mol. The Kier molecular flexibility index (Phi) is 4.81. The molecule has 2 heterocycles. The number of piperazine rings is 1. The molecule has 2 aliphatic heterocycles. The quantitative estimate of drug-likeness (QED) is 0.594. The number of hydrogen-bond donors (Lipinski definition) is 3. The van der Waals surface area contributed by atoms with Crippen LogP contribution in [0.5, 0.6) is 11.5 Å². The van der Waals surface area contributed by atoms with Gasteiger partial charge in [0.1, 0.15) is 32.7 Å². The Morgan fingerprint density at radius 2 is 1.88 bits per heavy atom. The Morgan fingerprint density at radius 3 is 2.64 bits per heavy atom. The van der Waals surface area contributed by atoms with Gasteiger partial charge in [-0.3, -0.25) is 4.79 Å². The van der Waals surface area contributed by atoms with E-state index in [1.165, 1.54) is 23.3 Å². The van der Waals surface area contributed by atoms with Gasteiger partial charge in [0.25, 0.3) is 5.91 Å². The predicted molar refractivity (Wildman–Crippen MR) is 92.9 cm³/mol. The molecule has 1 saturated heterocycles. The van der Waals surface area contributed by atoms with Crippen molar-refractivity contribution in [1.29, 1.82) is 0 Å². The second kappa shape index (κ2) is 7.22. The Bertz CT molecular complexity index is 624. The maximum atomic E-state index is 12.2. The fraction of sp³-hybridized carbons (Fsp3) is 0.632. The minimum absolute atomic E-state index is 0.216. The third kappa shape index (κ3) is 4.25. The molecule has 0 spiro atoms. The molecule has 6 nitrogen and oxygen atoms in total. The normalized spacial score (nSPS) is 26.3. The summed E-state index contributed by atoms with van der Waals surface area (Å²) in [6.45, 7) is 8.43. The van der Waals surface area contributed by atoms with Gasteiger partial charge in [0.05, 0.1) is 0 Å². The summed E-state index contributed by atoms with van der Waals surface area (Å²) in [5.41, 5.74) is 1.29. The molecule has 1 saturated carbocycles. The molecule has 3 N–H and O–H groups in total. The van der Waals surface area contributed by atoms with Crippen molar-refractivity contribution in [2.75, 3.05) is 39.5 Å². The van der Waals surface area contributed by atoms with Gasteiger partial charge in [-0.1, -0.05) is 0 Å². The van der Waals surface area contributed by atoms with E-state index in [4.69, 9.17) is 9.47 Å². The lowest BCUT2D eigenvalue weighted by Crippen LogP contribution is -3.28. The Hall–Kier alpha value is -1.79. The molecule has 2 fully saturated rings. The number of ether oxygens (including phenoxy) is 2. The van der Waals surface area contributed by atoms with Gasteiger partial charge in [-0.2, -0.15) is 0 Å². The molecule has 1 atom stereocenters. The molecule has 0 aromatic heterocycles. The van der Waals surface area contributed by atoms with Crippen LogP contribution in [-0.4, -0.2) is 51.5 Å². The highest BCUT2D eigenvalue weighted by atomic mass is 16.7. The minimum atomic E-state index is 0.216. The van der Waals surface area contributed by atoms with Gasteiger partial charge < -0.3 is 24.6 Å². The van der Waals surface area contributed by atoms with E-state index in [9.17, 15) is 4.79 Å². The van der Waals surface area contributed by atoms with E-state index in [2.05, 4.69) is 24.4 Å². The van der Waals surface area contributed by atoms with Crippen LogP contribution >= 0.6 is 0 Å². The molecule has 25 heavy (non-hydrogen) atoms. The fourth-order valence-electron chi connectivity index (χ4n) is 3.90. The van der Waals surface area contributed by atoms with Crippen LogP contribution in [0.2, 0.25) is 0 Å². The minimum Gasteiger partial charge on any atom is -0.454 e. The van der Waals surface area contributed by atoms with Crippen LogP contribution in [-0.2, 0) is 11.3 Å². The van der Waals surface area contributed by atoms with Gasteiger partial charge in [0.15, 0.2) is 18.0 Å². The first-order valence-corrected chi connectivity index (χ1v) is 9.52. The molecule has 1 aliphatic carbocycles. The van der Waals surface area contributed by atoms with Gasteiger partial charge in [0.2, 0.25) is 6.79 Å². The van der Waals surface area contributed by atoms with Crippen molar-refractivity contribution in [3.05, 3.63) is 23.8 Å². The number of hydrogen-bond acceptors (Lipinski definition) is 3. The number of carbonyl (C=O) groups excluding carboxylic acids is 1. The summed E-state index contributed by atoms with van der Waals surface area (Å²) in [6.07, 6.45) is 2.55. The van der Waals surface area contributed by atoms with E-state index in [-0.39, 0.29) is 5.91 Å². The number of carbonyl (C=O) groups is 1. The number of rotatable bonds is 6. The lowest BCUT2D eigenvalue weighted by molar-refractivity contribution is -1.02. The number of fused-ring (bicyclic) bond motifs is 1. The van der Waals surface area contributed by atoms with Crippen LogP contribution in [0.15, 0.2) is 18.2 Å². The second-order valence-electron chi connectivity index (χ2n) is 7.73. The molecule has 136 valence electrons. The maximum Gasteiger partial charge on any atom is 0.275 e. The third-order valence-corrected chi connectivity index (χ3v) is 5.68. The van der Waals surface area contributed by atoms with Crippen molar-refractivity contribution in [2.24, 2.45) is 5.92 Å². The zero-order chi connectivity index (χ0) is 17.2. The second-order valence-corrected chi connectivity index (χ2v) is 7.73. The zero-order valence-corrected chi connectivity index (χ0v) is 15.0. The summed E-state index contributed by atoms with van der Waals surface area (Å²) in [4.78, 5) is 15.2. The maximum absolute atomic E-state index is 12.2. The van der Waals surface area contributed by atoms with Gasteiger partial charge in [-0.05, 0) is 43.9 Å². The van der Waals surface area contributed by atoms with Crippen molar-refractivity contribution in [3.8, 4) is 11.5 Å². The molecule has 0 bridgehead atoms. The van der Waals surface area contributed by atoms with Crippen LogP contribution in [0.1, 0.15) is 25.3 Å². The van der Waals surface area contributed by atoms with Gasteiger partial charge in [-0.15, -0.1) is 0 Å². The Morgan fingerprint density at radius 1 is 1.16 bits per heavy atom. The largest absolute Gasteiger partial charge is 0.454 e. The van der Waals surface area contributed by atoms with Crippen molar-refractivity contribution in [3.63, 3.8) is 0 Å². The highest BCUT2D eigenvalue weighted by molar-refractivity contribution is 5.77. The Balaban J connectivity index is 1.21. The highest BCUT2D eigenvalue weighted by Gasteiger charge is 2.30. The average Bonchev–Trinajstić information content (AvgIpc) is 3.35.